The van der Waals surface area contributed by atoms with Crippen molar-refractivity contribution in [1.82, 2.24) is 5.32 Å². The number of hydrogen-bond acceptors (Lipinski definition) is 2. The maximum Gasteiger partial charge on any atom is 0.247 e. The summed E-state index contributed by atoms with van der Waals surface area (Å²) in [4.78, 5) is 14.3. The van der Waals surface area contributed by atoms with Gasteiger partial charge in [-0.3, -0.25) is 4.79 Å². The molecule has 0 radical (unpaired) electrons. The number of halogens is 1. The second kappa shape index (κ2) is 4.42. The molecule has 3 nitrogen and oxygen atoms in total. The Hall–Kier alpha value is -0.870. The molecule has 0 aromatic heterocycles. The number of benzene rings is 1. The highest BCUT2D eigenvalue weighted by atomic mass is 79.9. The van der Waals surface area contributed by atoms with Crippen molar-refractivity contribution in [3.8, 4) is 0 Å². The van der Waals surface area contributed by atoms with Crippen molar-refractivity contribution < 1.29 is 4.79 Å². The molecule has 0 aliphatic carbocycles. The highest BCUT2D eigenvalue weighted by Gasteiger charge is 2.39. The minimum Gasteiger partial charge on any atom is -0.307 e. The first-order valence-electron chi connectivity index (χ1n) is 5.76. The van der Waals surface area contributed by atoms with Crippen LogP contribution in [-0.2, 0) is 4.79 Å². The fourth-order valence-corrected chi connectivity index (χ4v) is 2.46. The summed E-state index contributed by atoms with van der Waals surface area (Å²) >= 11 is 3.44. The molecule has 1 aromatic rings. The third kappa shape index (κ3) is 2.38. The molecule has 1 fully saturated rings. The Kier molecular flexibility index (Phi) is 3.27. The SMILES string of the molecule is CC1CNC(C)(C)C(=O)N1c1cccc(Br)c1. The van der Waals surface area contributed by atoms with E-state index in [4.69, 9.17) is 0 Å². The number of nitrogens with one attached hydrogen (secondary N) is 1. The first-order valence-corrected chi connectivity index (χ1v) is 6.55. The molecule has 0 bridgehead atoms. The predicted molar refractivity (Wildman–Crippen MR) is 73.2 cm³/mol. The zero-order chi connectivity index (χ0) is 12.6. The Morgan fingerprint density at radius 2 is 2.18 bits per heavy atom. The minimum absolute atomic E-state index is 0.120. The molecule has 92 valence electrons. The van der Waals surface area contributed by atoms with Gasteiger partial charge in [0.25, 0.3) is 0 Å². The van der Waals surface area contributed by atoms with Gasteiger partial charge in [0.1, 0.15) is 0 Å². The van der Waals surface area contributed by atoms with Gasteiger partial charge in [-0.05, 0) is 39.0 Å². The van der Waals surface area contributed by atoms with Crippen LogP contribution in [0.5, 0.6) is 0 Å². The summed E-state index contributed by atoms with van der Waals surface area (Å²) in [6, 6.07) is 8.04. The van der Waals surface area contributed by atoms with E-state index in [1.807, 2.05) is 43.0 Å². The van der Waals surface area contributed by atoms with Crippen LogP contribution in [0.25, 0.3) is 0 Å². The van der Waals surface area contributed by atoms with Gasteiger partial charge in [-0.15, -0.1) is 0 Å². The number of anilines is 1. The van der Waals surface area contributed by atoms with Crippen molar-refractivity contribution in [2.45, 2.75) is 32.4 Å². The number of piperazine rings is 1. The lowest BCUT2D eigenvalue weighted by atomic mass is 9.97. The van der Waals surface area contributed by atoms with Crippen molar-refractivity contribution in [3.05, 3.63) is 28.7 Å². The Balaban J connectivity index is 2.38. The van der Waals surface area contributed by atoms with Gasteiger partial charge >= 0.3 is 0 Å². The summed E-state index contributed by atoms with van der Waals surface area (Å²) in [6.45, 7) is 6.71. The van der Waals surface area contributed by atoms with Gasteiger partial charge in [0.2, 0.25) is 5.91 Å². The topological polar surface area (TPSA) is 32.3 Å². The summed E-state index contributed by atoms with van der Waals surface area (Å²) in [5, 5.41) is 3.27. The highest BCUT2D eigenvalue weighted by Crippen LogP contribution is 2.26. The Morgan fingerprint density at radius 1 is 1.47 bits per heavy atom. The quantitative estimate of drug-likeness (QED) is 0.864. The van der Waals surface area contributed by atoms with Crippen LogP contribution in [0.15, 0.2) is 28.7 Å². The van der Waals surface area contributed by atoms with Crippen LogP contribution in [-0.4, -0.2) is 24.0 Å². The second-order valence-corrected chi connectivity index (χ2v) is 5.93. The Bertz CT molecular complexity index is 445. The summed E-state index contributed by atoms with van der Waals surface area (Å²) in [7, 11) is 0. The van der Waals surface area contributed by atoms with Crippen LogP contribution in [0.3, 0.4) is 0 Å². The van der Waals surface area contributed by atoms with Gasteiger partial charge in [-0.25, -0.2) is 0 Å². The van der Waals surface area contributed by atoms with Crippen LogP contribution in [0.1, 0.15) is 20.8 Å². The number of amides is 1. The predicted octanol–water partition coefficient (Wildman–Crippen LogP) is 2.55. The van der Waals surface area contributed by atoms with E-state index in [1.54, 1.807) is 0 Å². The van der Waals surface area contributed by atoms with Crippen LogP contribution in [0.2, 0.25) is 0 Å². The third-order valence-electron chi connectivity index (χ3n) is 3.12. The lowest BCUT2D eigenvalue weighted by molar-refractivity contribution is -0.125. The fraction of sp³-hybridized carbons (Fsp3) is 0.462. The van der Waals surface area contributed by atoms with Crippen LogP contribution >= 0.6 is 15.9 Å². The van der Waals surface area contributed by atoms with Crippen LogP contribution in [0, 0.1) is 0 Å². The van der Waals surface area contributed by atoms with E-state index < -0.39 is 5.54 Å². The largest absolute Gasteiger partial charge is 0.307 e. The summed E-state index contributed by atoms with van der Waals surface area (Å²) in [5.74, 6) is 0.120. The van der Waals surface area contributed by atoms with E-state index in [2.05, 4.69) is 28.2 Å². The molecule has 0 saturated carbocycles. The molecule has 1 aliphatic rings. The molecule has 17 heavy (non-hydrogen) atoms. The van der Waals surface area contributed by atoms with Gasteiger partial charge in [0.05, 0.1) is 5.54 Å². The number of nitrogens with zero attached hydrogens (tertiary/aromatic N) is 1. The second-order valence-electron chi connectivity index (χ2n) is 5.01. The molecule has 1 unspecified atom stereocenters. The zero-order valence-electron chi connectivity index (χ0n) is 10.3. The maximum atomic E-state index is 12.4. The molecule has 0 spiro atoms. The van der Waals surface area contributed by atoms with Crippen molar-refractivity contribution >= 4 is 27.5 Å². The summed E-state index contributed by atoms with van der Waals surface area (Å²) < 4.78 is 0.992. The fourth-order valence-electron chi connectivity index (χ4n) is 2.07. The smallest absolute Gasteiger partial charge is 0.247 e. The van der Waals surface area contributed by atoms with E-state index in [0.717, 1.165) is 16.7 Å². The average Bonchev–Trinajstić information content (AvgIpc) is 2.25. The van der Waals surface area contributed by atoms with E-state index >= 15 is 0 Å². The number of carbonyl (C=O) groups excluding carboxylic acids is 1. The number of rotatable bonds is 1. The monoisotopic (exact) mass is 296 g/mol. The lowest BCUT2D eigenvalue weighted by Crippen LogP contribution is -2.64. The molecular formula is C13H17BrN2O. The first-order chi connectivity index (χ1) is 7.92. The standard InChI is InChI=1S/C13H17BrN2O/c1-9-8-15-13(2,3)12(17)16(9)11-6-4-5-10(14)7-11/h4-7,9,15H,8H2,1-3H3. The van der Waals surface area contributed by atoms with Crippen molar-refractivity contribution in [1.29, 1.82) is 0 Å². The van der Waals surface area contributed by atoms with Crippen molar-refractivity contribution in [2.75, 3.05) is 11.4 Å². The van der Waals surface area contributed by atoms with E-state index in [-0.39, 0.29) is 11.9 Å². The van der Waals surface area contributed by atoms with E-state index in [0.29, 0.717) is 0 Å². The molecule has 1 aromatic carbocycles. The third-order valence-corrected chi connectivity index (χ3v) is 3.61. The molecule has 1 saturated heterocycles. The van der Waals surface area contributed by atoms with Crippen molar-refractivity contribution in [3.63, 3.8) is 0 Å². The Labute approximate surface area is 110 Å². The molecule has 4 heteroatoms. The number of carbonyl (C=O) groups is 1. The van der Waals surface area contributed by atoms with Gasteiger partial charge < -0.3 is 10.2 Å². The van der Waals surface area contributed by atoms with E-state index in [9.17, 15) is 4.79 Å². The minimum atomic E-state index is -0.491. The zero-order valence-corrected chi connectivity index (χ0v) is 11.9. The van der Waals surface area contributed by atoms with Crippen LogP contribution in [0.4, 0.5) is 5.69 Å². The molecule has 1 heterocycles. The van der Waals surface area contributed by atoms with Crippen LogP contribution < -0.4 is 10.2 Å². The first kappa shape index (κ1) is 12.6. The lowest BCUT2D eigenvalue weighted by Gasteiger charge is -2.42. The highest BCUT2D eigenvalue weighted by molar-refractivity contribution is 9.10. The number of hydrogen-bond donors (Lipinski definition) is 1. The Morgan fingerprint density at radius 3 is 2.82 bits per heavy atom. The van der Waals surface area contributed by atoms with Gasteiger partial charge in [0.15, 0.2) is 0 Å². The maximum absolute atomic E-state index is 12.4. The van der Waals surface area contributed by atoms with Crippen molar-refractivity contribution in [2.24, 2.45) is 0 Å². The van der Waals surface area contributed by atoms with Gasteiger partial charge in [-0.1, -0.05) is 22.0 Å². The average molecular weight is 297 g/mol. The summed E-state index contributed by atoms with van der Waals surface area (Å²) in [6.07, 6.45) is 0. The molecule has 1 atom stereocenters. The normalized spacial score (nSPS) is 23.9. The molecule has 1 N–H and O–H groups in total. The molecule has 1 aliphatic heterocycles. The molecular weight excluding hydrogens is 280 g/mol. The van der Waals surface area contributed by atoms with Gasteiger partial charge in [-0.2, -0.15) is 0 Å². The molecule has 2 rings (SSSR count). The summed E-state index contributed by atoms with van der Waals surface area (Å²) in [5.41, 5.74) is 0.459. The molecule has 1 amide bonds. The van der Waals surface area contributed by atoms with E-state index in [1.165, 1.54) is 0 Å². The van der Waals surface area contributed by atoms with Gasteiger partial charge in [0, 0.05) is 22.7 Å².